The summed E-state index contributed by atoms with van der Waals surface area (Å²) in [6.45, 7) is 1.56. The van der Waals surface area contributed by atoms with Crippen LogP contribution in [0.1, 0.15) is 6.92 Å². The van der Waals surface area contributed by atoms with Gasteiger partial charge in [0.25, 0.3) is 0 Å². The van der Waals surface area contributed by atoms with E-state index in [-0.39, 0.29) is 12.3 Å². The number of rotatable bonds is 1. The van der Waals surface area contributed by atoms with Crippen molar-refractivity contribution in [1.82, 2.24) is 12.3 Å². The molecule has 0 aliphatic rings. The number of carboxylic acids is 1. The fourth-order valence-electron chi connectivity index (χ4n) is 0. The van der Waals surface area contributed by atoms with Crippen molar-refractivity contribution >= 4 is 21.9 Å². The summed E-state index contributed by atoms with van der Waals surface area (Å²) < 4.78 is 0. The summed E-state index contributed by atoms with van der Waals surface area (Å²) in [5.41, 5.74) is 0. The smallest absolute Gasteiger partial charge is 0.316 e. The Kier molecular flexibility index (Phi) is 13.4. The van der Waals surface area contributed by atoms with Crippen LogP contribution in [0.4, 0.5) is 0 Å². The molecule has 52 valence electrons. The third-order valence-corrected chi connectivity index (χ3v) is 0.732. The fourth-order valence-corrected chi connectivity index (χ4v) is 0. The van der Waals surface area contributed by atoms with E-state index in [1.807, 2.05) is 0 Å². The monoisotopic (exact) mass is 186 g/mol. The number of hydrogen-bond acceptors (Lipinski definition) is 3. The van der Waals surface area contributed by atoms with Crippen molar-refractivity contribution < 1.29 is 9.90 Å². The van der Waals surface area contributed by atoms with E-state index in [9.17, 15) is 4.79 Å². The lowest BCUT2D eigenvalue weighted by atomic mass is 10.5. The molecule has 0 fully saturated rings. The van der Waals surface area contributed by atoms with Gasteiger partial charge in [-0.25, -0.2) is 0 Å². The molecule has 0 saturated carbocycles. The van der Waals surface area contributed by atoms with Crippen LogP contribution in [0.2, 0.25) is 0 Å². The van der Waals surface area contributed by atoms with Crippen LogP contribution in [0.15, 0.2) is 0 Å². The van der Waals surface area contributed by atoms with E-state index in [2.05, 4.69) is 15.9 Å². The lowest BCUT2D eigenvalue weighted by molar-refractivity contribution is -0.135. The molecule has 4 nitrogen and oxygen atoms in total. The molecular formula is C3H11BrN2O2. The zero-order valence-electron chi connectivity index (χ0n) is 4.72. The second kappa shape index (κ2) is 6.87. The van der Waals surface area contributed by atoms with Crippen LogP contribution in [-0.4, -0.2) is 15.9 Å². The Hall–Kier alpha value is -0.130. The summed E-state index contributed by atoms with van der Waals surface area (Å²) in [4.78, 5) is 9.23. The zero-order chi connectivity index (χ0) is 5.15. The molecule has 0 spiro atoms. The highest BCUT2D eigenvalue weighted by Gasteiger charge is 2.01. The summed E-state index contributed by atoms with van der Waals surface area (Å²) in [5.74, 6) is -0.824. The molecule has 1 unspecified atom stereocenters. The van der Waals surface area contributed by atoms with Crippen molar-refractivity contribution in [2.45, 2.75) is 11.8 Å². The van der Waals surface area contributed by atoms with Gasteiger partial charge in [0.15, 0.2) is 0 Å². The van der Waals surface area contributed by atoms with Gasteiger partial charge in [-0.1, -0.05) is 15.9 Å². The molecule has 0 heterocycles. The van der Waals surface area contributed by atoms with E-state index in [4.69, 9.17) is 5.11 Å². The molecule has 0 amide bonds. The van der Waals surface area contributed by atoms with E-state index in [0.29, 0.717) is 0 Å². The van der Waals surface area contributed by atoms with Crippen molar-refractivity contribution in [1.29, 1.82) is 0 Å². The minimum Gasteiger partial charge on any atom is -0.480 e. The number of hydrogen-bond donors (Lipinski definition) is 3. The third kappa shape index (κ3) is 9.30. The Morgan fingerprint density at radius 2 is 1.75 bits per heavy atom. The molecule has 0 aliphatic carbocycles. The van der Waals surface area contributed by atoms with Crippen LogP contribution in [0.25, 0.3) is 0 Å². The first kappa shape index (κ1) is 15.7. The first-order chi connectivity index (χ1) is 2.64. The first-order valence-corrected chi connectivity index (χ1v) is 2.43. The molecule has 1 atom stereocenters. The van der Waals surface area contributed by atoms with Crippen LogP contribution in [0.3, 0.4) is 0 Å². The maximum atomic E-state index is 9.65. The average molecular weight is 187 g/mol. The van der Waals surface area contributed by atoms with Crippen molar-refractivity contribution in [3.63, 3.8) is 0 Å². The molecule has 7 N–H and O–H groups in total. The van der Waals surface area contributed by atoms with Gasteiger partial charge in [0.05, 0.1) is 0 Å². The van der Waals surface area contributed by atoms with Crippen molar-refractivity contribution in [2.75, 3.05) is 0 Å². The summed E-state index contributed by atoms with van der Waals surface area (Å²) in [7, 11) is 0. The Bertz CT molecular complexity index is 66.3. The van der Waals surface area contributed by atoms with Crippen LogP contribution in [0.5, 0.6) is 0 Å². The topological polar surface area (TPSA) is 107 Å². The lowest BCUT2D eigenvalue weighted by Crippen LogP contribution is -2.06. The van der Waals surface area contributed by atoms with Crippen LogP contribution >= 0.6 is 15.9 Å². The minimum absolute atomic E-state index is 0. The van der Waals surface area contributed by atoms with E-state index >= 15 is 0 Å². The van der Waals surface area contributed by atoms with Crippen molar-refractivity contribution in [3.05, 3.63) is 0 Å². The number of aliphatic carboxylic acids is 1. The molecule has 5 heteroatoms. The Morgan fingerprint density at radius 1 is 1.62 bits per heavy atom. The molecule has 0 saturated heterocycles. The van der Waals surface area contributed by atoms with Gasteiger partial charge in [-0.3, -0.25) is 4.79 Å². The normalized spacial score (nSPS) is 10.2. The van der Waals surface area contributed by atoms with Gasteiger partial charge < -0.3 is 17.4 Å². The van der Waals surface area contributed by atoms with Gasteiger partial charge >= 0.3 is 5.97 Å². The number of carboxylic acid groups (broad SMARTS) is 1. The maximum absolute atomic E-state index is 9.65. The second-order valence-electron chi connectivity index (χ2n) is 0.954. The predicted molar refractivity (Wildman–Crippen MR) is 36.1 cm³/mol. The molecule has 8 heavy (non-hydrogen) atoms. The van der Waals surface area contributed by atoms with E-state index < -0.39 is 10.8 Å². The molecule has 0 aromatic heterocycles. The van der Waals surface area contributed by atoms with Gasteiger partial charge in [-0.05, 0) is 6.92 Å². The second-order valence-corrected chi connectivity index (χ2v) is 2.33. The zero-order valence-corrected chi connectivity index (χ0v) is 6.31. The highest BCUT2D eigenvalue weighted by molar-refractivity contribution is 9.10. The Labute approximate surface area is 56.6 Å². The van der Waals surface area contributed by atoms with Crippen molar-refractivity contribution in [3.8, 4) is 0 Å². The molecular weight excluding hydrogens is 176 g/mol. The molecule has 0 aliphatic heterocycles. The number of halogens is 1. The highest BCUT2D eigenvalue weighted by atomic mass is 79.9. The third-order valence-electron chi connectivity index (χ3n) is 0.340. The van der Waals surface area contributed by atoms with E-state index in [1.54, 1.807) is 6.92 Å². The van der Waals surface area contributed by atoms with Gasteiger partial charge in [0.1, 0.15) is 4.83 Å². The standard InChI is InChI=1S/C3H5BrO2.2H3N/c1-2(4)3(5)6;;/h2H,1H3,(H,5,6);2*1H3. The molecule has 0 rings (SSSR count). The summed E-state index contributed by atoms with van der Waals surface area (Å²) in [6, 6.07) is 0. The SMILES string of the molecule is CC(Br)C(=O)O.N.N. The Balaban J connectivity index is -0.000000125. The highest BCUT2D eigenvalue weighted by Crippen LogP contribution is 1.93. The Morgan fingerprint density at radius 3 is 1.75 bits per heavy atom. The van der Waals surface area contributed by atoms with Gasteiger partial charge in [0.2, 0.25) is 0 Å². The van der Waals surface area contributed by atoms with Crippen LogP contribution < -0.4 is 12.3 Å². The summed E-state index contributed by atoms with van der Waals surface area (Å²) in [5, 5.41) is 7.94. The van der Waals surface area contributed by atoms with Crippen LogP contribution in [-0.2, 0) is 4.79 Å². The largest absolute Gasteiger partial charge is 0.480 e. The van der Waals surface area contributed by atoms with E-state index in [1.165, 1.54) is 0 Å². The average Bonchev–Trinajstić information content (AvgIpc) is 1.36. The lowest BCUT2D eigenvalue weighted by Gasteiger charge is -1.87. The first-order valence-electron chi connectivity index (χ1n) is 1.51. The van der Waals surface area contributed by atoms with Gasteiger partial charge in [-0.2, -0.15) is 0 Å². The molecule has 0 aromatic rings. The predicted octanol–water partition coefficient (Wildman–Crippen LogP) is 1.18. The molecule has 0 aromatic carbocycles. The summed E-state index contributed by atoms with van der Waals surface area (Å²) >= 11 is 2.84. The minimum atomic E-state index is -0.824. The van der Waals surface area contributed by atoms with Gasteiger partial charge in [0, 0.05) is 0 Å². The number of carbonyl (C=O) groups is 1. The number of alkyl halides is 1. The van der Waals surface area contributed by atoms with Crippen LogP contribution in [0, 0.1) is 0 Å². The van der Waals surface area contributed by atoms with Gasteiger partial charge in [-0.15, -0.1) is 0 Å². The summed E-state index contributed by atoms with van der Waals surface area (Å²) in [6.07, 6.45) is 0. The molecule has 0 bridgehead atoms. The maximum Gasteiger partial charge on any atom is 0.316 e. The quantitative estimate of drug-likeness (QED) is 0.535. The van der Waals surface area contributed by atoms with E-state index in [0.717, 1.165) is 0 Å². The molecule has 0 radical (unpaired) electrons. The fraction of sp³-hybridized carbons (Fsp3) is 0.667. The van der Waals surface area contributed by atoms with Crippen molar-refractivity contribution in [2.24, 2.45) is 0 Å².